The zero-order valence-electron chi connectivity index (χ0n) is 12.8. The number of rotatable bonds is 4. The van der Waals surface area contributed by atoms with Crippen LogP contribution in [-0.4, -0.2) is 22.6 Å². The summed E-state index contributed by atoms with van der Waals surface area (Å²) < 4.78 is 0. The molecule has 2 aromatic rings. The molecule has 1 heterocycles. The van der Waals surface area contributed by atoms with Gasteiger partial charge in [-0.15, -0.1) is 0 Å². The molecule has 0 radical (unpaired) electrons. The Morgan fingerprint density at radius 2 is 2.05 bits per heavy atom. The van der Waals surface area contributed by atoms with E-state index in [-0.39, 0.29) is 0 Å². The average Bonchev–Trinajstić information content (AvgIpc) is 2.53. The van der Waals surface area contributed by atoms with Crippen molar-refractivity contribution in [3.05, 3.63) is 47.8 Å². The van der Waals surface area contributed by atoms with Crippen molar-refractivity contribution in [3.63, 3.8) is 0 Å². The Bertz CT molecular complexity index is 593. The summed E-state index contributed by atoms with van der Waals surface area (Å²) in [6, 6.07) is 10.8. The van der Waals surface area contributed by atoms with E-state index < -0.39 is 0 Å². The maximum Gasteiger partial charge on any atom is 0.159 e. The highest BCUT2D eigenvalue weighted by atomic mass is 14.9. The maximum atomic E-state index is 4.78. The molecule has 1 atom stereocenters. The summed E-state index contributed by atoms with van der Waals surface area (Å²) in [7, 11) is 0. The third-order valence-electron chi connectivity index (χ3n) is 4.10. The lowest BCUT2D eigenvalue weighted by atomic mass is 9.87. The van der Waals surface area contributed by atoms with E-state index in [1.54, 1.807) is 0 Å². The minimum atomic E-state index is 0.558. The largest absolute Gasteiger partial charge is 0.314 e. The Morgan fingerprint density at radius 1 is 1.24 bits per heavy atom. The topological polar surface area (TPSA) is 37.8 Å². The summed E-state index contributed by atoms with van der Waals surface area (Å²) in [4.78, 5) is 9.34. The average molecular weight is 281 g/mol. The van der Waals surface area contributed by atoms with Crippen LogP contribution in [0.1, 0.15) is 31.5 Å². The first-order valence-electron chi connectivity index (χ1n) is 7.86. The molecule has 0 bridgehead atoms. The van der Waals surface area contributed by atoms with Gasteiger partial charge >= 0.3 is 0 Å². The van der Waals surface area contributed by atoms with Crippen LogP contribution in [0.2, 0.25) is 0 Å². The monoisotopic (exact) mass is 281 g/mol. The highest BCUT2D eigenvalue weighted by molar-refractivity contribution is 5.54. The van der Waals surface area contributed by atoms with Gasteiger partial charge in [-0.2, -0.15) is 0 Å². The number of aromatic nitrogens is 2. The summed E-state index contributed by atoms with van der Waals surface area (Å²) in [5, 5.41) is 3.54. The summed E-state index contributed by atoms with van der Waals surface area (Å²) in [5.74, 6) is 1.57. The molecule has 3 nitrogen and oxygen atoms in total. The molecule has 0 fully saturated rings. The van der Waals surface area contributed by atoms with Crippen LogP contribution < -0.4 is 5.32 Å². The minimum absolute atomic E-state index is 0.558. The van der Waals surface area contributed by atoms with Gasteiger partial charge in [0.25, 0.3) is 0 Å². The van der Waals surface area contributed by atoms with Gasteiger partial charge in [0.15, 0.2) is 5.82 Å². The lowest BCUT2D eigenvalue weighted by molar-refractivity contribution is 0.403. The fourth-order valence-corrected chi connectivity index (χ4v) is 2.89. The molecule has 1 aromatic carbocycles. The number of fused-ring (bicyclic) bond motifs is 1. The molecule has 1 aliphatic carbocycles. The molecule has 3 heteroatoms. The summed E-state index contributed by atoms with van der Waals surface area (Å²) in [5.41, 5.74) is 3.67. The molecule has 3 rings (SSSR count). The number of nitrogens with zero attached hydrogens (tertiary/aromatic N) is 2. The van der Waals surface area contributed by atoms with Crippen molar-refractivity contribution >= 4 is 0 Å². The van der Waals surface area contributed by atoms with E-state index in [9.17, 15) is 0 Å². The molecule has 0 amide bonds. The second-order valence-corrected chi connectivity index (χ2v) is 6.20. The molecule has 110 valence electrons. The quantitative estimate of drug-likeness (QED) is 0.935. The first-order valence-corrected chi connectivity index (χ1v) is 7.86. The fourth-order valence-electron chi connectivity index (χ4n) is 2.89. The number of benzene rings is 1. The van der Waals surface area contributed by atoms with Crippen molar-refractivity contribution < 1.29 is 0 Å². The van der Waals surface area contributed by atoms with Crippen LogP contribution in [-0.2, 0) is 12.8 Å². The molecule has 0 spiro atoms. The van der Waals surface area contributed by atoms with Gasteiger partial charge in [-0.05, 0) is 37.3 Å². The van der Waals surface area contributed by atoms with Crippen LogP contribution in [0.3, 0.4) is 0 Å². The van der Waals surface area contributed by atoms with Gasteiger partial charge in [0.2, 0.25) is 0 Å². The van der Waals surface area contributed by atoms with Gasteiger partial charge in [0, 0.05) is 23.5 Å². The molecule has 0 saturated heterocycles. The van der Waals surface area contributed by atoms with Crippen LogP contribution >= 0.6 is 0 Å². The van der Waals surface area contributed by atoms with E-state index in [1.165, 1.54) is 17.7 Å². The Hall–Kier alpha value is -1.74. The van der Waals surface area contributed by atoms with Gasteiger partial charge in [0.05, 0.1) is 0 Å². The predicted molar refractivity (Wildman–Crippen MR) is 86.1 cm³/mol. The van der Waals surface area contributed by atoms with Gasteiger partial charge in [-0.1, -0.05) is 44.2 Å². The maximum absolute atomic E-state index is 4.78. The summed E-state index contributed by atoms with van der Waals surface area (Å²) in [6.07, 6.45) is 5.43. The summed E-state index contributed by atoms with van der Waals surface area (Å²) >= 11 is 0. The van der Waals surface area contributed by atoms with Gasteiger partial charge in [0.1, 0.15) is 0 Å². The Balaban J connectivity index is 1.74. The third-order valence-corrected chi connectivity index (χ3v) is 4.10. The lowest BCUT2D eigenvalue weighted by Crippen LogP contribution is -2.32. The van der Waals surface area contributed by atoms with Crippen LogP contribution in [0.5, 0.6) is 0 Å². The smallest absolute Gasteiger partial charge is 0.159 e. The SMILES string of the molecule is CC(C)NCC1CCc2nc(-c3ccccc3)ncc2C1. The van der Waals surface area contributed by atoms with Crippen molar-refractivity contribution in [1.82, 2.24) is 15.3 Å². The second kappa shape index (κ2) is 6.35. The molecular formula is C18H23N3. The molecule has 1 aliphatic rings. The minimum Gasteiger partial charge on any atom is -0.314 e. The van der Waals surface area contributed by atoms with E-state index >= 15 is 0 Å². The molecule has 21 heavy (non-hydrogen) atoms. The van der Waals surface area contributed by atoms with Gasteiger partial charge in [-0.3, -0.25) is 0 Å². The highest BCUT2D eigenvalue weighted by Crippen LogP contribution is 2.25. The number of nitrogens with one attached hydrogen (secondary N) is 1. The van der Waals surface area contributed by atoms with Crippen LogP contribution in [0.4, 0.5) is 0 Å². The van der Waals surface area contributed by atoms with Crippen molar-refractivity contribution in [2.24, 2.45) is 5.92 Å². The van der Waals surface area contributed by atoms with Crippen molar-refractivity contribution in [2.45, 2.75) is 39.2 Å². The highest BCUT2D eigenvalue weighted by Gasteiger charge is 2.20. The Kier molecular flexibility index (Phi) is 4.30. The molecular weight excluding hydrogens is 258 g/mol. The lowest BCUT2D eigenvalue weighted by Gasteiger charge is -2.25. The third kappa shape index (κ3) is 3.48. The first-order chi connectivity index (χ1) is 10.2. The molecule has 0 aliphatic heterocycles. The molecule has 1 unspecified atom stereocenters. The number of hydrogen-bond acceptors (Lipinski definition) is 3. The molecule has 1 aromatic heterocycles. The Labute approximate surface area is 126 Å². The first kappa shape index (κ1) is 14.2. The van der Waals surface area contributed by atoms with E-state index in [0.717, 1.165) is 30.8 Å². The van der Waals surface area contributed by atoms with Gasteiger partial charge in [-0.25, -0.2) is 9.97 Å². The van der Waals surface area contributed by atoms with E-state index in [4.69, 9.17) is 4.98 Å². The fraction of sp³-hybridized carbons (Fsp3) is 0.444. The molecule has 0 saturated carbocycles. The zero-order valence-corrected chi connectivity index (χ0v) is 12.8. The van der Waals surface area contributed by atoms with Gasteiger partial charge < -0.3 is 5.32 Å². The van der Waals surface area contributed by atoms with E-state index in [1.807, 2.05) is 24.4 Å². The van der Waals surface area contributed by atoms with Crippen molar-refractivity contribution in [2.75, 3.05) is 6.54 Å². The van der Waals surface area contributed by atoms with Crippen LogP contribution in [0.15, 0.2) is 36.5 Å². The van der Waals surface area contributed by atoms with Crippen molar-refractivity contribution in [1.29, 1.82) is 0 Å². The predicted octanol–water partition coefficient (Wildman–Crippen LogP) is 3.25. The molecule has 1 N–H and O–H groups in total. The standard InChI is InChI=1S/C18H23N3/c1-13(2)19-11-14-8-9-17-16(10-14)12-20-18(21-17)15-6-4-3-5-7-15/h3-7,12-14,19H,8-11H2,1-2H3. The van der Waals surface area contributed by atoms with E-state index in [2.05, 4.69) is 36.3 Å². The van der Waals surface area contributed by atoms with E-state index in [0.29, 0.717) is 12.0 Å². The summed E-state index contributed by atoms with van der Waals surface area (Å²) in [6.45, 7) is 5.50. The van der Waals surface area contributed by atoms with Crippen molar-refractivity contribution in [3.8, 4) is 11.4 Å². The number of hydrogen-bond donors (Lipinski definition) is 1. The van der Waals surface area contributed by atoms with Crippen LogP contribution in [0.25, 0.3) is 11.4 Å². The Morgan fingerprint density at radius 3 is 2.81 bits per heavy atom. The zero-order chi connectivity index (χ0) is 14.7. The normalized spacial score (nSPS) is 17.8. The number of aryl methyl sites for hydroxylation is 1. The van der Waals surface area contributed by atoms with Crippen LogP contribution in [0, 0.1) is 5.92 Å². The second-order valence-electron chi connectivity index (χ2n) is 6.20.